The van der Waals surface area contributed by atoms with Gasteiger partial charge in [0.1, 0.15) is 5.69 Å². The van der Waals surface area contributed by atoms with Crippen molar-refractivity contribution in [2.75, 3.05) is 34.3 Å². The fourth-order valence-corrected chi connectivity index (χ4v) is 4.09. The lowest BCUT2D eigenvalue weighted by Gasteiger charge is -2.28. The molecule has 2 heterocycles. The maximum atomic E-state index is 13.7. The zero-order valence-electron chi connectivity index (χ0n) is 18.7. The monoisotopic (exact) mass is 459 g/mol. The standard InChI is InChI=1S/C23H26ClN3O5/c1-12-16(13(2)25-18(12)23(31)32-5)20(28)17-19(14-6-8-15(24)9-7-14)27(11-10-26(3)4)22(30)21(17)29/h6-9,19,25,28H,10-11H2,1-5H3/b20-17+. The number of aryl methyl sites for hydroxylation is 1. The number of ketones is 1. The highest BCUT2D eigenvalue weighted by Crippen LogP contribution is 2.40. The van der Waals surface area contributed by atoms with Crippen LogP contribution in [-0.2, 0) is 14.3 Å². The molecule has 1 saturated heterocycles. The average Bonchev–Trinajstić information content (AvgIpc) is 3.18. The number of aromatic amines is 1. The minimum Gasteiger partial charge on any atom is -0.872 e. The van der Waals surface area contributed by atoms with E-state index in [4.69, 9.17) is 16.3 Å². The van der Waals surface area contributed by atoms with Crippen LogP contribution in [0.2, 0.25) is 5.02 Å². The Balaban J connectivity index is 2.21. The zero-order chi connectivity index (χ0) is 23.7. The molecule has 1 amide bonds. The maximum absolute atomic E-state index is 13.7. The molecule has 0 bridgehead atoms. The number of nitrogens with zero attached hydrogens (tertiary/aromatic N) is 1. The van der Waals surface area contributed by atoms with Gasteiger partial charge < -0.3 is 24.6 Å². The lowest BCUT2D eigenvalue weighted by Crippen LogP contribution is -3.06. The first kappa shape index (κ1) is 23.6. The average molecular weight is 460 g/mol. The van der Waals surface area contributed by atoms with Crippen molar-refractivity contribution in [2.45, 2.75) is 19.9 Å². The maximum Gasteiger partial charge on any atom is 0.354 e. The number of likely N-dealkylation sites (N-methyl/N-ethyl adjacent to an activating group) is 1. The van der Waals surface area contributed by atoms with E-state index in [-0.39, 0.29) is 16.8 Å². The third-order valence-electron chi connectivity index (χ3n) is 5.62. The number of esters is 1. The second-order valence-electron chi connectivity index (χ2n) is 8.10. The van der Waals surface area contributed by atoms with Gasteiger partial charge in [0.25, 0.3) is 5.91 Å². The van der Waals surface area contributed by atoms with E-state index in [9.17, 15) is 19.5 Å². The number of nitrogens with one attached hydrogen (secondary N) is 2. The van der Waals surface area contributed by atoms with Crippen molar-refractivity contribution in [2.24, 2.45) is 0 Å². The molecule has 3 rings (SSSR count). The molecule has 1 fully saturated rings. The fraction of sp³-hybridized carbons (Fsp3) is 0.348. The highest BCUT2D eigenvalue weighted by molar-refractivity contribution is 6.46. The molecular formula is C23H26ClN3O5. The Hall–Kier alpha value is -3.10. The number of quaternary nitrogens is 1. The summed E-state index contributed by atoms with van der Waals surface area (Å²) in [6.45, 7) is 4.14. The predicted molar refractivity (Wildman–Crippen MR) is 117 cm³/mol. The van der Waals surface area contributed by atoms with Gasteiger partial charge in [0.2, 0.25) is 5.78 Å². The van der Waals surface area contributed by atoms with Crippen molar-refractivity contribution in [1.82, 2.24) is 9.88 Å². The van der Waals surface area contributed by atoms with E-state index in [0.717, 1.165) is 4.90 Å². The molecule has 0 radical (unpaired) electrons. The van der Waals surface area contributed by atoms with Crippen LogP contribution in [0, 0.1) is 13.8 Å². The van der Waals surface area contributed by atoms with Crippen LogP contribution in [0.3, 0.4) is 0 Å². The molecule has 2 aromatic rings. The third kappa shape index (κ3) is 4.16. The van der Waals surface area contributed by atoms with Gasteiger partial charge in [-0.05, 0) is 42.7 Å². The van der Waals surface area contributed by atoms with Crippen LogP contribution in [0.4, 0.5) is 0 Å². The minimum absolute atomic E-state index is 0.132. The van der Waals surface area contributed by atoms with Crippen molar-refractivity contribution in [3.05, 3.63) is 62.9 Å². The molecule has 0 saturated carbocycles. The van der Waals surface area contributed by atoms with Gasteiger partial charge in [0.05, 0.1) is 40.3 Å². The van der Waals surface area contributed by atoms with Crippen LogP contribution >= 0.6 is 11.6 Å². The molecule has 1 aromatic heterocycles. The molecule has 9 heteroatoms. The Morgan fingerprint density at radius 2 is 1.84 bits per heavy atom. The second-order valence-corrected chi connectivity index (χ2v) is 8.53. The van der Waals surface area contributed by atoms with Gasteiger partial charge >= 0.3 is 5.97 Å². The summed E-state index contributed by atoms with van der Waals surface area (Å²) in [6, 6.07) is 5.89. The van der Waals surface area contributed by atoms with E-state index >= 15 is 0 Å². The molecule has 0 aliphatic carbocycles. The van der Waals surface area contributed by atoms with E-state index in [2.05, 4.69) is 4.98 Å². The van der Waals surface area contributed by atoms with Crippen molar-refractivity contribution in [1.29, 1.82) is 0 Å². The molecule has 1 aliphatic rings. The van der Waals surface area contributed by atoms with E-state index < -0.39 is 29.5 Å². The number of amides is 1. The lowest BCUT2D eigenvalue weighted by atomic mass is 9.94. The first-order valence-corrected chi connectivity index (χ1v) is 10.5. The van der Waals surface area contributed by atoms with Crippen LogP contribution < -0.4 is 10.0 Å². The molecule has 170 valence electrons. The van der Waals surface area contributed by atoms with Gasteiger partial charge in [-0.25, -0.2) is 4.79 Å². The van der Waals surface area contributed by atoms with Crippen LogP contribution in [0.5, 0.6) is 0 Å². The molecule has 2 N–H and O–H groups in total. The summed E-state index contributed by atoms with van der Waals surface area (Å²) in [5, 5.41) is 14.2. The van der Waals surface area contributed by atoms with Gasteiger partial charge in [0.15, 0.2) is 0 Å². The van der Waals surface area contributed by atoms with Crippen LogP contribution in [0.25, 0.3) is 5.76 Å². The molecule has 0 spiro atoms. The number of carbonyl (C=O) groups is 3. The number of Topliss-reactive ketones (excluding diaryl/α,β-unsaturated/α-hetero) is 1. The van der Waals surface area contributed by atoms with Crippen molar-refractivity contribution >= 4 is 35.0 Å². The van der Waals surface area contributed by atoms with E-state index in [1.807, 2.05) is 14.1 Å². The molecule has 8 nitrogen and oxygen atoms in total. The SMILES string of the molecule is COC(=O)c1[nH]c(C)c(/C([O-])=C2\C(=O)C(=O)N(CC[NH+](C)C)C2c2ccc(Cl)cc2)c1C. The smallest absolute Gasteiger partial charge is 0.354 e. The number of ether oxygens (including phenoxy) is 1. The summed E-state index contributed by atoms with van der Waals surface area (Å²) in [6.07, 6.45) is 0. The Labute approximate surface area is 191 Å². The number of methoxy groups -OCH3 is 1. The van der Waals surface area contributed by atoms with Crippen LogP contribution in [0.15, 0.2) is 29.8 Å². The Bertz CT molecular complexity index is 1100. The fourth-order valence-electron chi connectivity index (χ4n) is 3.97. The molecule has 1 aliphatic heterocycles. The number of H-pyrrole nitrogens is 1. The number of aromatic nitrogens is 1. The highest BCUT2D eigenvalue weighted by atomic mass is 35.5. The molecule has 1 atom stereocenters. The van der Waals surface area contributed by atoms with E-state index in [0.29, 0.717) is 34.9 Å². The quantitative estimate of drug-likeness (QED) is 0.282. The minimum atomic E-state index is -0.839. The summed E-state index contributed by atoms with van der Waals surface area (Å²) < 4.78 is 4.77. The van der Waals surface area contributed by atoms with Crippen molar-refractivity contribution in [3.63, 3.8) is 0 Å². The summed E-state index contributed by atoms with van der Waals surface area (Å²) in [4.78, 5) is 43.5. The zero-order valence-corrected chi connectivity index (χ0v) is 19.4. The van der Waals surface area contributed by atoms with Gasteiger partial charge in [-0.3, -0.25) is 9.59 Å². The summed E-state index contributed by atoms with van der Waals surface area (Å²) in [5.41, 5.74) is 1.62. The van der Waals surface area contributed by atoms with E-state index in [1.165, 1.54) is 12.0 Å². The molecule has 32 heavy (non-hydrogen) atoms. The summed E-state index contributed by atoms with van der Waals surface area (Å²) >= 11 is 6.02. The van der Waals surface area contributed by atoms with E-state index in [1.54, 1.807) is 38.1 Å². The van der Waals surface area contributed by atoms with Crippen molar-refractivity contribution < 1.29 is 29.1 Å². The van der Waals surface area contributed by atoms with Gasteiger partial charge in [-0.15, -0.1) is 0 Å². The third-order valence-corrected chi connectivity index (χ3v) is 5.87. The van der Waals surface area contributed by atoms with Gasteiger partial charge in [-0.1, -0.05) is 29.5 Å². The number of benzene rings is 1. The highest BCUT2D eigenvalue weighted by Gasteiger charge is 2.44. The Kier molecular flexibility index (Phi) is 6.76. The van der Waals surface area contributed by atoms with Gasteiger partial charge in [-0.2, -0.15) is 0 Å². The molecule has 1 unspecified atom stereocenters. The predicted octanol–water partition coefficient (Wildman–Crippen LogP) is 0.440. The molecule has 1 aromatic carbocycles. The van der Waals surface area contributed by atoms with Crippen molar-refractivity contribution in [3.8, 4) is 0 Å². The van der Waals surface area contributed by atoms with Gasteiger partial charge in [0, 0.05) is 16.3 Å². The number of halogens is 1. The van der Waals surface area contributed by atoms with Crippen LogP contribution in [-0.4, -0.2) is 61.8 Å². The topological polar surface area (TPSA) is 107 Å². The Morgan fingerprint density at radius 1 is 1.22 bits per heavy atom. The first-order chi connectivity index (χ1) is 15.1. The summed E-state index contributed by atoms with van der Waals surface area (Å²) in [5.74, 6) is -2.74. The number of rotatable bonds is 6. The first-order valence-electron chi connectivity index (χ1n) is 10.2. The summed E-state index contributed by atoms with van der Waals surface area (Å²) in [7, 11) is 5.13. The largest absolute Gasteiger partial charge is 0.872 e. The number of likely N-dealkylation sites (tertiary alicyclic amines) is 1. The van der Waals surface area contributed by atoms with Crippen LogP contribution in [0.1, 0.15) is 38.9 Å². The Morgan fingerprint density at radius 3 is 2.41 bits per heavy atom. The normalized spacial score (nSPS) is 18.0. The number of hydrogen-bond acceptors (Lipinski definition) is 5. The number of hydrogen-bond donors (Lipinski definition) is 2. The molecular weight excluding hydrogens is 434 g/mol. The number of carbonyl (C=O) groups excluding carboxylic acids is 3. The second kappa shape index (κ2) is 9.18. The lowest BCUT2D eigenvalue weighted by molar-refractivity contribution is -0.857.